The molecule has 8 heteroatoms. The molecule has 1 amide bonds. The van der Waals surface area contributed by atoms with E-state index in [-0.39, 0.29) is 16.0 Å². The number of halogens is 1. The molecule has 0 atom stereocenters. The summed E-state index contributed by atoms with van der Waals surface area (Å²) in [5, 5.41) is 2.95. The first kappa shape index (κ1) is 23.9. The van der Waals surface area contributed by atoms with Crippen LogP contribution in [-0.2, 0) is 25.0 Å². The van der Waals surface area contributed by atoms with E-state index in [0.29, 0.717) is 19.8 Å². The second-order valence-electron chi connectivity index (χ2n) is 8.34. The van der Waals surface area contributed by atoms with Crippen LogP contribution >= 0.6 is 0 Å². The van der Waals surface area contributed by atoms with E-state index >= 15 is 0 Å². The van der Waals surface area contributed by atoms with Crippen molar-refractivity contribution in [3.63, 3.8) is 0 Å². The number of hydrogen-bond donors (Lipinski definition) is 1. The van der Waals surface area contributed by atoms with Crippen molar-refractivity contribution in [2.45, 2.75) is 23.2 Å². The fourth-order valence-corrected chi connectivity index (χ4v) is 5.66. The van der Waals surface area contributed by atoms with Crippen molar-refractivity contribution in [1.82, 2.24) is 5.32 Å². The van der Waals surface area contributed by atoms with E-state index in [1.165, 1.54) is 36.4 Å². The first-order valence-corrected chi connectivity index (χ1v) is 12.6. The fourth-order valence-electron chi connectivity index (χ4n) is 4.22. The molecule has 0 radical (unpaired) electrons. The molecular formula is C26H27FN2O4S. The van der Waals surface area contributed by atoms with Gasteiger partial charge in [-0.25, -0.2) is 12.8 Å². The highest BCUT2D eigenvalue weighted by atomic mass is 32.2. The van der Waals surface area contributed by atoms with Crippen LogP contribution in [0.25, 0.3) is 0 Å². The lowest BCUT2D eigenvalue weighted by atomic mass is 9.74. The SMILES string of the molecule is O=C(CN(c1ccc(F)cc1)S(=O)(=O)c1ccccc1)NCC1(c2ccccc2)CCOCC1. The average Bonchev–Trinajstić information content (AvgIpc) is 2.88. The Morgan fingerprint density at radius 3 is 2.12 bits per heavy atom. The van der Waals surface area contributed by atoms with Crippen LogP contribution in [-0.4, -0.2) is 40.6 Å². The predicted molar refractivity (Wildman–Crippen MR) is 129 cm³/mol. The maximum atomic E-state index is 13.5. The highest BCUT2D eigenvalue weighted by Gasteiger charge is 2.35. The van der Waals surface area contributed by atoms with Crippen LogP contribution in [0.15, 0.2) is 89.8 Å². The quantitative estimate of drug-likeness (QED) is 0.529. The predicted octanol–water partition coefficient (Wildman–Crippen LogP) is 3.89. The molecule has 1 aliphatic heterocycles. The summed E-state index contributed by atoms with van der Waals surface area (Å²) < 4.78 is 46.8. The van der Waals surface area contributed by atoms with Crippen molar-refractivity contribution >= 4 is 21.6 Å². The maximum absolute atomic E-state index is 13.5. The molecule has 1 heterocycles. The van der Waals surface area contributed by atoms with Gasteiger partial charge in [-0.05, 0) is 54.8 Å². The lowest BCUT2D eigenvalue weighted by Gasteiger charge is -2.38. The molecule has 0 saturated carbocycles. The van der Waals surface area contributed by atoms with Gasteiger partial charge in [0.2, 0.25) is 5.91 Å². The zero-order chi connectivity index (χ0) is 24.0. The van der Waals surface area contributed by atoms with Crippen molar-refractivity contribution in [2.24, 2.45) is 0 Å². The lowest BCUT2D eigenvalue weighted by molar-refractivity contribution is -0.120. The van der Waals surface area contributed by atoms with Gasteiger partial charge < -0.3 is 10.1 Å². The summed E-state index contributed by atoms with van der Waals surface area (Å²) in [6, 6.07) is 22.9. The van der Waals surface area contributed by atoms with Crippen LogP contribution in [0.3, 0.4) is 0 Å². The Hall–Kier alpha value is -3.23. The number of nitrogens with zero attached hydrogens (tertiary/aromatic N) is 1. The van der Waals surface area contributed by atoms with Crippen LogP contribution in [0.5, 0.6) is 0 Å². The first-order chi connectivity index (χ1) is 16.4. The number of anilines is 1. The third-order valence-electron chi connectivity index (χ3n) is 6.19. The second-order valence-corrected chi connectivity index (χ2v) is 10.2. The van der Waals surface area contributed by atoms with Gasteiger partial charge >= 0.3 is 0 Å². The zero-order valence-corrected chi connectivity index (χ0v) is 19.5. The van der Waals surface area contributed by atoms with Crippen molar-refractivity contribution in [3.8, 4) is 0 Å². The largest absolute Gasteiger partial charge is 0.381 e. The van der Waals surface area contributed by atoms with E-state index in [2.05, 4.69) is 5.32 Å². The van der Waals surface area contributed by atoms with Gasteiger partial charge in [-0.1, -0.05) is 48.5 Å². The average molecular weight is 483 g/mol. The molecule has 4 rings (SSSR count). The molecular weight excluding hydrogens is 455 g/mol. The number of carbonyl (C=O) groups excluding carboxylic acids is 1. The molecule has 0 bridgehead atoms. The van der Waals surface area contributed by atoms with Crippen molar-refractivity contribution in [3.05, 3.63) is 96.3 Å². The van der Waals surface area contributed by atoms with E-state index in [0.717, 1.165) is 22.7 Å². The molecule has 6 nitrogen and oxygen atoms in total. The molecule has 1 N–H and O–H groups in total. The van der Waals surface area contributed by atoms with Crippen molar-refractivity contribution < 1.29 is 22.3 Å². The minimum Gasteiger partial charge on any atom is -0.381 e. The molecule has 3 aromatic carbocycles. The molecule has 1 saturated heterocycles. The third kappa shape index (κ3) is 5.29. The van der Waals surface area contributed by atoms with E-state index < -0.39 is 28.3 Å². The van der Waals surface area contributed by atoms with E-state index in [1.54, 1.807) is 18.2 Å². The number of benzene rings is 3. The van der Waals surface area contributed by atoms with Crippen LogP contribution in [0, 0.1) is 5.82 Å². The summed E-state index contributed by atoms with van der Waals surface area (Å²) in [6.07, 6.45) is 1.50. The second kappa shape index (κ2) is 10.4. The number of hydrogen-bond acceptors (Lipinski definition) is 4. The Morgan fingerprint density at radius 2 is 1.50 bits per heavy atom. The summed E-state index contributed by atoms with van der Waals surface area (Å²) >= 11 is 0. The highest BCUT2D eigenvalue weighted by Crippen LogP contribution is 2.34. The smallest absolute Gasteiger partial charge is 0.264 e. The van der Waals surface area contributed by atoms with Gasteiger partial charge in [0.15, 0.2) is 0 Å². The van der Waals surface area contributed by atoms with Crippen LogP contribution in [0.4, 0.5) is 10.1 Å². The Labute approximate surface area is 199 Å². The number of sulfonamides is 1. The van der Waals surface area contributed by atoms with Crippen LogP contribution in [0.2, 0.25) is 0 Å². The molecule has 1 aliphatic rings. The van der Waals surface area contributed by atoms with Crippen molar-refractivity contribution in [1.29, 1.82) is 0 Å². The van der Waals surface area contributed by atoms with Gasteiger partial charge in [-0.15, -0.1) is 0 Å². The fraction of sp³-hybridized carbons (Fsp3) is 0.269. The number of nitrogens with one attached hydrogen (secondary N) is 1. The monoisotopic (exact) mass is 482 g/mol. The Balaban J connectivity index is 1.56. The van der Waals surface area contributed by atoms with Gasteiger partial charge in [-0.3, -0.25) is 9.10 Å². The number of amides is 1. The minimum atomic E-state index is -4.04. The number of carbonyl (C=O) groups is 1. The standard InChI is InChI=1S/C26H27FN2O4S/c27-22-11-13-23(14-12-22)29(34(31,32)24-9-5-2-6-10-24)19-25(30)28-20-26(15-17-33-18-16-26)21-7-3-1-4-8-21/h1-14H,15-20H2,(H,28,30). The summed E-state index contributed by atoms with van der Waals surface area (Å²) in [5.74, 6) is -0.930. The molecule has 0 spiro atoms. The molecule has 0 aromatic heterocycles. The topological polar surface area (TPSA) is 75.7 Å². The third-order valence-corrected chi connectivity index (χ3v) is 7.98. The Morgan fingerprint density at radius 1 is 0.912 bits per heavy atom. The Bertz CT molecular complexity index is 1200. The zero-order valence-electron chi connectivity index (χ0n) is 18.7. The van der Waals surface area contributed by atoms with Crippen LogP contribution in [0.1, 0.15) is 18.4 Å². The van der Waals surface area contributed by atoms with Crippen molar-refractivity contribution in [2.75, 3.05) is 30.6 Å². The number of ether oxygens (including phenoxy) is 1. The molecule has 3 aromatic rings. The van der Waals surface area contributed by atoms with E-state index in [9.17, 15) is 17.6 Å². The maximum Gasteiger partial charge on any atom is 0.264 e. The van der Waals surface area contributed by atoms with E-state index in [1.807, 2.05) is 30.3 Å². The molecule has 1 fully saturated rings. The van der Waals surface area contributed by atoms with Crippen LogP contribution < -0.4 is 9.62 Å². The minimum absolute atomic E-state index is 0.0531. The Kier molecular flexibility index (Phi) is 7.29. The highest BCUT2D eigenvalue weighted by molar-refractivity contribution is 7.92. The van der Waals surface area contributed by atoms with Gasteiger partial charge in [0.1, 0.15) is 12.4 Å². The van der Waals surface area contributed by atoms with Gasteiger partial charge in [0.25, 0.3) is 10.0 Å². The normalized spacial score (nSPS) is 15.4. The molecule has 0 unspecified atom stereocenters. The summed E-state index contributed by atoms with van der Waals surface area (Å²) in [5.41, 5.74) is 1.05. The van der Waals surface area contributed by atoms with Gasteiger partial charge in [0, 0.05) is 25.2 Å². The summed E-state index contributed by atoms with van der Waals surface area (Å²) in [7, 11) is -4.04. The lowest BCUT2D eigenvalue weighted by Crippen LogP contribution is -2.48. The molecule has 0 aliphatic carbocycles. The summed E-state index contributed by atoms with van der Waals surface area (Å²) in [4.78, 5) is 13.1. The van der Waals surface area contributed by atoms with E-state index in [4.69, 9.17) is 4.74 Å². The molecule has 34 heavy (non-hydrogen) atoms. The number of rotatable bonds is 8. The molecule has 178 valence electrons. The first-order valence-electron chi connectivity index (χ1n) is 11.1. The van der Waals surface area contributed by atoms with Gasteiger partial charge in [-0.2, -0.15) is 0 Å². The summed E-state index contributed by atoms with van der Waals surface area (Å²) in [6.45, 7) is 1.12. The van der Waals surface area contributed by atoms with Gasteiger partial charge in [0.05, 0.1) is 10.6 Å².